The number of pyridine rings is 3. The Bertz CT molecular complexity index is 4610. The molecule has 0 unspecified atom stereocenters. The summed E-state index contributed by atoms with van der Waals surface area (Å²) in [5, 5.41) is 29.5. The predicted octanol–water partition coefficient (Wildman–Crippen LogP) is 23.3. The second kappa shape index (κ2) is 44.1. The molecule has 0 atom stereocenters. The number of allylic oxidation sites excluding steroid dienone is 6. The molecule has 9 nitrogen and oxygen atoms in total. The summed E-state index contributed by atoms with van der Waals surface area (Å²) in [5.74, 6) is 2.40. The van der Waals surface area contributed by atoms with Gasteiger partial charge in [-0.05, 0) is 117 Å². The van der Waals surface area contributed by atoms with Gasteiger partial charge in [0.2, 0.25) is 0 Å². The third-order valence-corrected chi connectivity index (χ3v) is 18.1. The molecule has 0 amide bonds. The number of benzene rings is 6. The first-order valence-electron chi connectivity index (χ1n) is 39.9. The minimum atomic E-state index is -2.16. The number of hydrogen-bond acceptors (Lipinski definition) is 9. The van der Waals surface area contributed by atoms with Crippen molar-refractivity contribution in [1.29, 1.82) is 0 Å². The van der Waals surface area contributed by atoms with E-state index in [0.717, 1.165) is 104 Å². The first-order chi connectivity index (χ1) is 50.9. The largest absolute Gasteiger partial charge is 0.512 e. The van der Waals surface area contributed by atoms with Crippen LogP contribution in [0.4, 0.5) is 0 Å². The van der Waals surface area contributed by atoms with Crippen LogP contribution >= 0.6 is 0 Å². The molecule has 3 fully saturated rings. The van der Waals surface area contributed by atoms with Crippen molar-refractivity contribution < 1.29 is 102 Å². The van der Waals surface area contributed by atoms with Crippen LogP contribution in [-0.2, 0) is 94.0 Å². The Morgan fingerprint density at radius 1 is 0.431 bits per heavy atom. The molecule has 3 aliphatic rings. The smallest absolute Gasteiger partial charge is 0.161 e. The molecular weight excluding hydrogens is 1800 g/mol. The van der Waals surface area contributed by atoms with E-state index in [1.165, 1.54) is 169 Å². The molecule has 102 heavy (non-hydrogen) atoms. The van der Waals surface area contributed by atoms with Crippen molar-refractivity contribution in [1.82, 2.24) is 15.0 Å². The van der Waals surface area contributed by atoms with E-state index in [1.807, 2.05) is 97.0 Å². The monoisotopic (exact) mass is 1910 g/mol. The van der Waals surface area contributed by atoms with Crippen molar-refractivity contribution in [2.45, 2.75) is 206 Å². The van der Waals surface area contributed by atoms with Gasteiger partial charge in [0, 0.05) is 119 Å². The summed E-state index contributed by atoms with van der Waals surface area (Å²) in [6.07, 6.45) is 25.9. The van der Waals surface area contributed by atoms with Crippen molar-refractivity contribution in [2.75, 3.05) is 0 Å². The molecule has 12 heteroatoms. The fourth-order valence-corrected chi connectivity index (χ4v) is 12.9. The molecule has 3 aliphatic carbocycles. The Hall–Kier alpha value is -6.87. The van der Waals surface area contributed by atoms with Crippen molar-refractivity contribution >= 4 is 50.1 Å². The molecule has 3 radical (unpaired) electrons. The Morgan fingerprint density at radius 3 is 0.980 bits per heavy atom. The van der Waals surface area contributed by atoms with Gasteiger partial charge in [-0.25, -0.2) is 0 Å². The molecule has 0 spiro atoms. The van der Waals surface area contributed by atoms with Crippen LogP contribution in [0.3, 0.4) is 0 Å². The third kappa shape index (κ3) is 29.0. The summed E-state index contributed by atoms with van der Waals surface area (Å²) in [5.41, 5.74) is 15.0. The van der Waals surface area contributed by atoms with Crippen LogP contribution in [0.15, 0.2) is 163 Å². The second-order valence-corrected chi connectivity index (χ2v) is 27.8. The van der Waals surface area contributed by atoms with Crippen molar-refractivity contribution in [3.63, 3.8) is 0 Å². The topological polar surface area (TPSA) is 151 Å². The summed E-state index contributed by atoms with van der Waals surface area (Å²) in [4.78, 5) is 45.6. The normalized spacial score (nSPS) is 15.9. The summed E-state index contributed by atoms with van der Waals surface area (Å²) >= 11 is 0. The number of aryl methyl sites for hydroxylation is 6. The number of rotatable bonds is 14. The first kappa shape index (κ1) is 73.4. The molecule has 9 aromatic rings. The molecule has 0 saturated heterocycles. The Labute approximate surface area is 663 Å². The molecule has 0 bridgehead atoms. The van der Waals surface area contributed by atoms with Crippen molar-refractivity contribution in [2.24, 2.45) is 29.6 Å². The summed E-state index contributed by atoms with van der Waals surface area (Å²) < 4.78 is 69.2. The number of aromatic nitrogens is 3. The number of nitrogens with zero attached hydrogens (tertiary/aromatic N) is 3. The zero-order valence-corrected chi connectivity index (χ0v) is 68.4. The van der Waals surface area contributed by atoms with E-state index in [4.69, 9.17) is 37.5 Å². The average molecular weight is 1910 g/mol. The number of fused-ring (bicyclic) bond motifs is 3. The number of aliphatic hydroxyl groups is 3. The standard InChI is InChI=1S/C25H28N.C24H26N.C22H22N.C9H16O2.2C5H8O2.3Ir/c1-18-14-19(2)16-22(15-18)24-13-12-23-21(10-7-11-25(23)26-24)17-20-8-5-3-4-6-9-20;1-17-13-18(2)15-21(14-17)23-12-11-22-20(9-6-10-24(22)25-23)16-19-7-4-3-5-8-19;1-15-11-16(2)13-19(12-15)21-10-9-20-18(14-17-5-3-6-17)7-4-8-22(20)23-21;1-6(2)8(10)5-9(11)7(3)4;2*1-4(6)3-5(2)7;;;/h7,10-15,20H,3-6,8-9,17H2,1-2H3;6,9-14,19H,3-5,7-8,16H2,1-2H3;4,7-12,17H,3,5-6,14H2,1-2H3;5-7,10H,1-4H3;2*3,6H,1-2H3;;;/q3*-1;;;;;;/i3*2D3;;;;;;. The SMILES string of the molecule is CC(=O)C=C(C)O.CC(=O)C=C(C)O.CC(C)C(=O)C=C(O)C(C)C.[2H]C([2H])([2H])c1[c-]c(-c2ccc3c(CC4CCC4)cccc3n2)cc(C)c1.[2H]C([2H])([2H])c1[c-]c(-c2ccc3c(CC4CCCCC4)cccc3n2)cc(C)c1.[2H]C([2H])([2H])c1[c-]c(-c2ccc3c(CC4CCCCCC4)cccc3n2)cc(C)c1.[Ir].[Ir].[Ir]. The molecular formula is C90H108Ir3N3O6-3. The average Bonchev–Trinajstić information content (AvgIpc) is 0.835. The summed E-state index contributed by atoms with van der Waals surface area (Å²) in [7, 11) is 0. The van der Waals surface area contributed by atoms with Gasteiger partial charge in [0.1, 0.15) is 0 Å². The Morgan fingerprint density at radius 2 is 0.735 bits per heavy atom. The van der Waals surface area contributed by atoms with Crippen LogP contribution < -0.4 is 0 Å². The zero-order chi connectivity index (χ0) is 79.2. The second-order valence-electron chi connectivity index (χ2n) is 27.8. The fourth-order valence-electron chi connectivity index (χ4n) is 12.9. The number of carbonyl (C=O) groups excluding carboxylic acids is 3. The number of carbonyl (C=O) groups is 3. The van der Waals surface area contributed by atoms with E-state index in [2.05, 4.69) is 78.9 Å². The van der Waals surface area contributed by atoms with E-state index in [9.17, 15) is 19.5 Å². The maximum absolute atomic E-state index is 11.0. The van der Waals surface area contributed by atoms with Crippen LogP contribution in [0, 0.1) is 89.1 Å². The third-order valence-electron chi connectivity index (χ3n) is 18.1. The van der Waals surface area contributed by atoms with E-state index < -0.39 is 20.6 Å². The quantitative estimate of drug-likeness (QED) is 0.0418. The summed E-state index contributed by atoms with van der Waals surface area (Å²) in [6.45, 7) is 12.3. The van der Waals surface area contributed by atoms with Gasteiger partial charge in [-0.2, -0.15) is 0 Å². The molecule has 3 saturated carbocycles. The van der Waals surface area contributed by atoms with E-state index in [1.54, 1.807) is 18.2 Å². The zero-order valence-electron chi connectivity index (χ0n) is 70.2. The molecule has 3 heterocycles. The molecule has 12 rings (SSSR count). The summed E-state index contributed by atoms with van der Waals surface area (Å²) in [6, 6.07) is 51.5. The van der Waals surface area contributed by atoms with Crippen molar-refractivity contribution in [3.8, 4) is 33.8 Å². The first-order valence-corrected chi connectivity index (χ1v) is 35.4. The van der Waals surface area contributed by atoms with Crippen LogP contribution in [0.25, 0.3) is 66.5 Å². The van der Waals surface area contributed by atoms with Gasteiger partial charge < -0.3 is 15.3 Å². The van der Waals surface area contributed by atoms with E-state index in [0.29, 0.717) is 0 Å². The Balaban J connectivity index is 0.000000301. The maximum Gasteiger partial charge on any atom is 0.161 e. The van der Waals surface area contributed by atoms with Gasteiger partial charge in [-0.1, -0.05) is 232 Å². The van der Waals surface area contributed by atoms with Gasteiger partial charge in [-0.3, -0.25) is 29.3 Å². The minimum Gasteiger partial charge on any atom is -0.512 e. The van der Waals surface area contributed by atoms with Gasteiger partial charge >= 0.3 is 0 Å². The van der Waals surface area contributed by atoms with Gasteiger partial charge in [-0.15, -0.1) is 105 Å². The molecule has 3 N–H and O–H groups in total. The number of aliphatic hydroxyl groups excluding tert-OH is 3. The molecule has 6 aromatic carbocycles. The molecule has 0 aliphatic heterocycles. The molecule has 549 valence electrons. The van der Waals surface area contributed by atoms with E-state index in [-0.39, 0.29) is 123 Å². The predicted molar refractivity (Wildman–Crippen MR) is 412 cm³/mol. The van der Waals surface area contributed by atoms with Crippen molar-refractivity contribution in [3.05, 3.63) is 231 Å². The van der Waals surface area contributed by atoms with Crippen LogP contribution in [0.5, 0.6) is 0 Å². The van der Waals surface area contributed by atoms with Crippen LogP contribution in [-0.4, -0.2) is 47.6 Å². The number of ketones is 3. The number of hydrogen-bond donors (Lipinski definition) is 3. The maximum atomic E-state index is 11.0. The van der Waals surface area contributed by atoms with Crippen LogP contribution in [0.2, 0.25) is 0 Å². The fraction of sp³-hybridized carbons (Fsp3) is 0.400. The van der Waals surface area contributed by atoms with Gasteiger partial charge in [0.15, 0.2) is 17.3 Å². The van der Waals surface area contributed by atoms with E-state index >= 15 is 0 Å². The van der Waals surface area contributed by atoms with Crippen LogP contribution in [0.1, 0.15) is 208 Å². The minimum absolute atomic E-state index is 0. The Kier molecular flexibility index (Phi) is 31.7. The van der Waals surface area contributed by atoms with Gasteiger partial charge in [0.05, 0.1) is 33.8 Å². The molecule has 3 aromatic heterocycles. The van der Waals surface area contributed by atoms with Gasteiger partial charge in [0.25, 0.3) is 0 Å².